The molecule has 4 atom stereocenters. The fourth-order valence-corrected chi connectivity index (χ4v) is 6.40. The molecule has 10 heteroatoms. The van der Waals surface area contributed by atoms with Gasteiger partial charge in [-0.3, -0.25) is 9.59 Å². The monoisotopic (exact) mass is 550 g/mol. The summed E-state index contributed by atoms with van der Waals surface area (Å²) in [5.74, 6) is 0.0798. The summed E-state index contributed by atoms with van der Waals surface area (Å²) in [5, 5.41) is 3.40. The molecule has 3 aliphatic heterocycles. The van der Waals surface area contributed by atoms with Crippen LogP contribution in [0.1, 0.15) is 68.1 Å². The zero-order chi connectivity index (χ0) is 27.2. The van der Waals surface area contributed by atoms with Crippen molar-refractivity contribution in [2.45, 2.75) is 88.1 Å². The molecule has 1 aromatic rings. The number of esters is 1. The van der Waals surface area contributed by atoms with Crippen LogP contribution in [-0.2, 0) is 14.3 Å². The summed E-state index contributed by atoms with van der Waals surface area (Å²) in [4.78, 5) is 30.2. The molecule has 0 radical (unpaired) electrons. The Morgan fingerprint density at radius 1 is 1.11 bits per heavy atom. The number of hydrogen-bond donors (Lipinski definition) is 2. The van der Waals surface area contributed by atoms with Crippen molar-refractivity contribution >= 4 is 29.2 Å². The van der Waals surface area contributed by atoms with Gasteiger partial charge in [0.05, 0.1) is 35.5 Å². The predicted octanol–water partition coefficient (Wildman–Crippen LogP) is 3.48. The maximum absolute atomic E-state index is 13.0. The van der Waals surface area contributed by atoms with Crippen LogP contribution in [0.15, 0.2) is 12.1 Å². The predicted molar refractivity (Wildman–Crippen MR) is 148 cm³/mol. The van der Waals surface area contributed by atoms with Gasteiger partial charge in [0.2, 0.25) is 0 Å². The molecule has 4 unspecified atom stereocenters. The van der Waals surface area contributed by atoms with Gasteiger partial charge in [-0.05, 0) is 64.6 Å². The third kappa shape index (κ3) is 7.11. The van der Waals surface area contributed by atoms with Crippen LogP contribution in [0.5, 0.6) is 5.75 Å². The second-order valence-corrected chi connectivity index (χ2v) is 11.4. The minimum Gasteiger partial charge on any atom is -0.496 e. The number of anilines is 1. The van der Waals surface area contributed by atoms with Gasteiger partial charge in [0.25, 0.3) is 5.91 Å². The quantitative estimate of drug-likeness (QED) is 0.245. The molecule has 3 fully saturated rings. The first kappa shape index (κ1) is 28.9. The van der Waals surface area contributed by atoms with Gasteiger partial charge in [-0.25, -0.2) is 0 Å². The molecule has 38 heavy (non-hydrogen) atoms. The number of rotatable bonds is 11. The van der Waals surface area contributed by atoms with E-state index < -0.39 is 0 Å². The van der Waals surface area contributed by atoms with Crippen molar-refractivity contribution in [1.29, 1.82) is 0 Å². The molecule has 3 N–H and O–H groups in total. The number of nitrogens with zero attached hydrogens (tertiary/aromatic N) is 2. The van der Waals surface area contributed by atoms with Gasteiger partial charge in [-0.1, -0.05) is 18.0 Å². The molecule has 3 aliphatic rings. The van der Waals surface area contributed by atoms with E-state index in [0.29, 0.717) is 40.5 Å². The number of piperidine rings is 2. The maximum Gasteiger partial charge on any atom is 0.306 e. The van der Waals surface area contributed by atoms with E-state index in [2.05, 4.69) is 22.2 Å². The van der Waals surface area contributed by atoms with E-state index >= 15 is 0 Å². The summed E-state index contributed by atoms with van der Waals surface area (Å²) in [6, 6.07) is 4.15. The van der Waals surface area contributed by atoms with Crippen LogP contribution >= 0.6 is 11.6 Å². The molecular weight excluding hydrogens is 508 g/mol. The highest BCUT2D eigenvalue weighted by atomic mass is 35.5. The fraction of sp³-hybridized carbons (Fsp3) is 0.714. The molecule has 4 rings (SSSR count). The molecule has 0 saturated carbocycles. The van der Waals surface area contributed by atoms with Crippen LogP contribution in [0.4, 0.5) is 5.69 Å². The van der Waals surface area contributed by atoms with Crippen molar-refractivity contribution in [3.8, 4) is 5.75 Å². The molecule has 2 bridgehead atoms. The summed E-state index contributed by atoms with van der Waals surface area (Å²) in [5.41, 5.74) is 6.56. The lowest BCUT2D eigenvalue weighted by atomic mass is 10.00. The van der Waals surface area contributed by atoms with Gasteiger partial charge in [0, 0.05) is 44.8 Å². The number of fused-ring (bicyclic) bond motifs is 2. The minimum absolute atomic E-state index is 0.0472. The Balaban J connectivity index is 1.14. The summed E-state index contributed by atoms with van der Waals surface area (Å²) in [7, 11) is 5.37. The summed E-state index contributed by atoms with van der Waals surface area (Å²) in [6.45, 7) is 2.54. The molecule has 0 spiro atoms. The highest BCUT2D eigenvalue weighted by Crippen LogP contribution is 2.35. The normalized spacial score (nSPS) is 27.7. The molecule has 0 aromatic heterocycles. The first-order chi connectivity index (χ1) is 18.3. The third-order valence-electron chi connectivity index (χ3n) is 8.53. The van der Waals surface area contributed by atoms with Crippen LogP contribution in [-0.4, -0.2) is 92.9 Å². The fourth-order valence-electron chi connectivity index (χ4n) is 6.23. The lowest BCUT2D eigenvalue weighted by Gasteiger charge is -2.38. The number of hydrogen-bond acceptors (Lipinski definition) is 8. The number of likely N-dealkylation sites (tertiary alicyclic amines) is 1. The van der Waals surface area contributed by atoms with Crippen LogP contribution in [0.3, 0.4) is 0 Å². The Morgan fingerprint density at radius 3 is 2.53 bits per heavy atom. The van der Waals surface area contributed by atoms with Crippen molar-refractivity contribution in [2.24, 2.45) is 0 Å². The lowest BCUT2D eigenvalue weighted by Crippen LogP contribution is -2.54. The average Bonchev–Trinajstić information content (AvgIpc) is 3.10. The number of carbonyl (C=O) groups is 2. The van der Waals surface area contributed by atoms with Crippen LogP contribution in [0.25, 0.3) is 0 Å². The standard InChI is InChI=1S/C28H43ClN4O5/c1-32-18-8-9-19(32)14-20(13-18)38-27(34)7-5-4-6-11-33-12-10-24(26(17-33)37-3)31-28(35)21-15-22(29)23(30)16-25(21)36-2/h15-16,18-20,24,26H,4-14,17,30H2,1-3H3,(H,31,35). The number of benzene rings is 1. The number of amides is 1. The Bertz CT molecular complexity index is 965. The largest absolute Gasteiger partial charge is 0.496 e. The van der Waals surface area contributed by atoms with E-state index in [0.717, 1.165) is 58.2 Å². The number of methoxy groups -OCH3 is 2. The molecule has 1 amide bonds. The zero-order valence-corrected chi connectivity index (χ0v) is 23.7. The van der Waals surface area contributed by atoms with Crippen molar-refractivity contribution < 1.29 is 23.8 Å². The number of halogens is 1. The number of ether oxygens (including phenoxy) is 3. The average molecular weight is 551 g/mol. The first-order valence-corrected chi connectivity index (χ1v) is 14.3. The van der Waals surface area contributed by atoms with Gasteiger partial charge in [-0.2, -0.15) is 0 Å². The highest BCUT2D eigenvalue weighted by molar-refractivity contribution is 6.33. The molecular formula is C28H43ClN4O5. The maximum atomic E-state index is 13.0. The van der Waals surface area contributed by atoms with Crippen molar-refractivity contribution in [1.82, 2.24) is 15.1 Å². The van der Waals surface area contributed by atoms with Crippen LogP contribution < -0.4 is 15.8 Å². The number of nitrogen functional groups attached to an aromatic ring is 1. The van der Waals surface area contributed by atoms with E-state index in [1.54, 1.807) is 13.2 Å². The zero-order valence-electron chi connectivity index (χ0n) is 22.9. The topological polar surface area (TPSA) is 106 Å². The Kier molecular flexibility index (Phi) is 10.1. The van der Waals surface area contributed by atoms with Crippen LogP contribution in [0.2, 0.25) is 5.02 Å². The second-order valence-electron chi connectivity index (χ2n) is 11.0. The summed E-state index contributed by atoms with van der Waals surface area (Å²) >= 11 is 6.13. The SMILES string of the molecule is COc1cc(N)c(Cl)cc1C(=O)NC1CCN(CCCCCC(=O)OC2CC3CCC(C2)N3C)CC1OC. The third-order valence-corrected chi connectivity index (χ3v) is 8.86. The van der Waals surface area contributed by atoms with Gasteiger partial charge in [0.15, 0.2) is 0 Å². The number of carbonyl (C=O) groups excluding carboxylic acids is 2. The molecule has 9 nitrogen and oxygen atoms in total. The van der Waals surface area contributed by atoms with Gasteiger partial charge < -0.3 is 35.1 Å². The Morgan fingerprint density at radius 2 is 1.84 bits per heavy atom. The molecule has 3 saturated heterocycles. The summed E-state index contributed by atoms with van der Waals surface area (Å²) in [6.07, 6.45) is 8.53. The Hall–Kier alpha value is -2.07. The van der Waals surface area contributed by atoms with E-state index in [9.17, 15) is 9.59 Å². The smallest absolute Gasteiger partial charge is 0.306 e. The minimum atomic E-state index is -0.260. The van der Waals surface area contributed by atoms with Crippen molar-refractivity contribution in [3.05, 3.63) is 22.7 Å². The number of nitrogens with two attached hydrogens (primary N) is 1. The van der Waals surface area contributed by atoms with E-state index in [4.69, 9.17) is 31.5 Å². The van der Waals surface area contributed by atoms with E-state index in [1.165, 1.54) is 26.0 Å². The number of nitrogens with one attached hydrogen (secondary N) is 1. The molecule has 0 aliphatic carbocycles. The molecule has 3 heterocycles. The van der Waals surface area contributed by atoms with Gasteiger partial charge >= 0.3 is 5.97 Å². The van der Waals surface area contributed by atoms with Gasteiger partial charge in [-0.15, -0.1) is 0 Å². The second kappa shape index (κ2) is 13.3. The van der Waals surface area contributed by atoms with E-state index in [-0.39, 0.29) is 30.1 Å². The van der Waals surface area contributed by atoms with Crippen LogP contribution in [0, 0.1) is 0 Å². The van der Waals surface area contributed by atoms with Crippen molar-refractivity contribution in [2.75, 3.05) is 46.6 Å². The lowest BCUT2D eigenvalue weighted by molar-refractivity contribution is -0.152. The van der Waals surface area contributed by atoms with Gasteiger partial charge in [0.1, 0.15) is 11.9 Å². The first-order valence-electron chi connectivity index (χ1n) is 13.9. The summed E-state index contributed by atoms with van der Waals surface area (Å²) < 4.78 is 16.9. The molecule has 1 aromatic carbocycles. The highest BCUT2D eigenvalue weighted by Gasteiger charge is 2.39. The van der Waals surface area contributed by atoms with Crippen molar-refractivity contribution in [3.63, 3.8) is 0 Å². The Labute approximate surface area is 231 Å². The van der Waals surface area contributed by atoms with E-state index in [1.807, 2.05) is 0 Å². The molecule has 212 valence electrons. The number of unbranched alkanes of at least 4 members (excludes halogenated alkanes) is 2.